The van der Waals surface area contributed by atoms with Crippen molar-refractivity contribution in [3.63, 3.8) is 0 Å². The van der Waals surface area contributed by atoms with Crippen molar-refractivity contribution in [2.24, 2.45) is 4.99 Å². The number of aromatic nitrogens is 2. The van der Waals surface area contributed by atoms with Crippen LogP contribution in [-0.2, 0) is 0 Å². The van der Waals surface area contributed by atoms with Crippen LogP contribution in [0.15, 0.2) is 46.1 Å². The fourth-order valence-corrected chi connectivity index (χ4v) is 2.42. The second kappa shape index (κ2) is 5.66. The number of hydrogen-bond acceptors (Lipinski definition) is 3. The van der Waals surface area contributed by atoms with E-state index in [0.717, 1.165) is 11.1 Å². The van der Waals surface area contributed by atoms with Gasteiger partial charge in [-0.3, -0.25) is 0 Å². The van der Waals surface area contributed by atoms with Crippen LogP contribution in [0.4, 0.5) is 14.5 Å². The Hall–Kier alpha value is -1.99. The van der Waals surface area contributed by atoms with E-state index in [0.29, 0.717) is 16.6 Å². The lowest BCUT2D eigenvalue weighted by Crippen LogP contribution is -2.13. The molecule has 3 aromatic rings. The van der Waals surface area contributed by atoms with Gasteiger partial charge in [0.25, 0.3) is 0 Å². The lowest BCUT2D eigenvalue weighted by molar-refractivity contribution is 0.194. The van der Waals surface area contributed by atoms with E-state index in [4.69, 9.17) is 11.6 Å². The fourth-order valence-electron chi connectivity index (χ4n) is 1.91. The van der Waals surface area contributed by atoms with Gasteiger partial charge >= 0.3 is 0 Å². The summed E-state index contributed by atoms with van der Waals surface area (Å²) in [5, 5.41) is 9.98. The van der Waals surface area contributed by atoms with Crippen LogP contribution in [0.3, 0.4) is 0 Å². The van der Waals surface area contributed by atoms with Crippen LogP contribution in [0.2, 0.25) is 5.02 Å². The van der Waals surface area contributed by atoms with E-state index >= 15 is 0 Å². The number of benzene rings is 2. The average molecular weight is 387 g/mol. The SMILES string of the molecule is On1cnc(=Nc2ccc(F)c(Cl)c2)c2cc(F)c(Br)cc21. The maximum absolute atomic E-state index is 13.7. The van der Waals surface area contributed by atoms with Crippen molar-refractivity contribution in [2.75, 3.05) is 0 Å². The van der Waals surface area contributed by atoms with Gasteiger partial charge in [-0.05, 0) is 46.3 Å². The van der Waals surface area contributed by atoms with Gasteiger partial charge in [-0.25, -0.2) is 18.8 Å². The first-order valence-electron chi connectivity index (χ1n) is 6.01. The summed E-state index contributed by atoms with van der Waals surface area (Å²) in [7, 11) is 0. The molecule has 1 N–H and O–H groups in total. The van der Waals surface area contributed by atoms with Gasteiger partial charge in [-0.15, -0.1) is 0 Å². The first kappa shape index (κ1) is 14.9. The highest BCUT2D eigenvalue weighted by molar-refractivity contribution is 9.10. The molecule has 1 aromatic heterocycles. The summed E-state index contributed by atoms with van der Waals surface area (Å²) < 4.78 is 27.9. The van der Waals surface area contributed by atoms with Gasteiger partial charge in [0.2, 0.25) is 0 Å². The minimum atomic E-state index is -0.560. The largest absolute Gasteiger partial charge is 0.427 e. The Kier molecular flexibility index (Phi) is 3.84. The predicted molar refractivity (Wildman–Crippen MR) is 81.2 cm³/mol. The standard InChI is InChI=1S/C14H7BrClF2N3O/c15-9-5-13-8(4-12(9)18)14(19-6-21(13)22)20-7-1-2-11(17)10(16)3-7/h1-6,22H. The molecule has 0 saturated heterocycles. The second-order valence-electron chi connectivity index (χ2n) is 4.41. The van der Waals surface area contributed by atoms with E-state index in [9.17, 15) is 14.0 Å². The zero-order valence-electron chi connectivity index (χ0n) is 10.8. The Morgan fingerprint density at radius 1 is 1.18 bits per heavy atom. The molecule has 0 unspecified atom stereocenters. The Morgan fingerprint density at radius 2 is 1.95 bits per heavy atom. The zero-order chi connectivity index (χ0) is 15.9. The van der Waals surface area contributed by atoms with Crippen LogP contribution in [0.25, 0.3) is 10.9 Å². The van der Waals surface area contributed by atoms with E-state index in [1.54, 1.807) is 0 Å². The lowest BCUT2D eigenvalue weighted by Gasteiger charge is -2.05. The molecule has 8 heteroatoms. The quantitative estimate of drug-likeness (QED) is 0.637. The molecule has 3 rings (SSSR count). The first-order chi connectivity index (χ1) is 10.5. The molecule has 0 atom stereocenters. The third-order valence-corrected chi connectivity index (χ3v) is 3.85. The molecule has 4 nitrogen and oxygen atoms in total. The highest BCUT2D eigenvalue weighted by Gasteiger charge is 2.08. The number of nitrogens with zero attached hydrogens (tertiary/aromatic N) is 3. The average Bonchev–Trinajstić information content (AvgIpc) is 2.48. The number of fused-ring (bicyclic) bond motifs is 1. The molecular formula is C14H7BrClF2N3O. The van der Waals surface area contributed by atoms with Crippen molar-refractivity contribution in [3.05, 3.63) is 63.3 Å². The van der Waals surface area contributed by atoms with Crippen molar-refractivity contribution < 1.29 is 14.0 Å². The highest BCUT2D eigenvalue weighted by Crippen LogP contribution is 2.23. The molecule has 112 valence electrons. The highest BCUT2D eigenvalue weighted by atomic mass is 79.9. The van der Waals surface area contributed by atoms with E-state index < -0.39 is 11.6 Å². The minimum Gasteiger partial charge on any atom is -0.427 e. The van der Waals surface area contributed by atoms with E-state index in [1.807, 2.05) is 0 Å². The maximum Gasteiger partial charge on any atom is 0.163 e. The topological polar surface area (TPSA) is 50.4 Å². The van der Waals surface area contributed by atoms with Crippen LogP contribution in [0.1, 0.15) is 0 Å². The Morgan fingerprint density at radius 3 is 2.68 bits per heavy atom. The van der Waals surface area contributed by atoms with E-state index in [1.165, 1.54) is 30.3 Å². The van der Waals surface area contributed by atoms with E-state index in [2.05, 4.69) is 25.9 Å². The molecule has 22 heavy (non-hydrogen) atoms. The van der Waals surface area contributed by atoms with Crippen LogP contribution >= 0.6 is 27.5 Å². The normalized spacial score (nSPS) is 12.1. The van der Waals surface area contributed by atoms with Gasteiger partial charge in [-0.2, -0.15) is 4.73 Å². The summed E-state index contributed by atoms with van der Waals surface area (Å²) in [5.74, 6) is -1.08. The van der Waals surface area contributed by atoms with Gasteiger partial charge in [0.15, 0.2) is 5.49 Å². The molecule has 0 spiro atoms. The van der Waals surface area contributed by atoms with Gasteiger partial charge in [0, 0.05) is 5.39 Å². The molecule has 0 aliphatic carbocycles. The third kappa shape index (κ3) is 2.69. The van der Waals surface area contributed by atoms with Crippen LogP contribution in [0.5, 0.6) is 0 Å². The maximum atomic E-state index is 13.7. The number of hydrogen-bond donors (Lipinski definition) is 1. The molecule has 0 fully saturated rings. The monoisotopic (exact) mass is 385 g/mol. The van der Waals surface area contributed by atoms with Gasteiger partial charge in [0.1, 0.15) is 18.0 Å². The van der Waals surface area contributed by atoms with Crippen molar-refractivity contribution in [2.45, 2.75) is 0 Å². The van der Waals surface area contributed by atoms with Crippen LogP contribution in [-0.4, -0.2) is 14.9 Å². The van der Waals surface area contributed by atoms with Gasteiger partial charge in [0.05, 0.1) is 20.7 Å². The summed E-state index contributed by atoms with van der Waals surface area (Å²) >= 11 is 8.75. The van der Waals surface area contributed by atoms with Gasteiger partial charge < -0.3 is 5.21 Å². The second-order valence-corrected chi connectivity index (χ2v) is 5.67. The zero-order valence-corrected chi connectivity index (χ0v) is 13.1. The Balaban J connectivity index is 2.30. The molecule has 0 radical (unpaired) electrons. The van der Waals surface area contributed by atoms with Gasteiger partial charge in [-0.1, -0.05) is 11.6 Å². The summed E-state index contributed by atoms with van der Waals surface area (Å²) in [4.78, 5) is 8.17. The third-order valence-electron chi connectivity index (χ3n) is 2.95. The summed E-state index contributed by atoms with van der Waals surface area (Å²) in [5.41, 5.74) is 0.851. The molecule has 0 aliphatic rings. The van der Waals surface area contributed by atoms with Crippen molar-refractivity contribution in [1.29, 1.82) is 0 Å². The van der Waals surface area contributed by atoms with Crippen LogP contribution in [0, 0.1) is 11.6 Å². The molecule has 0 saturated carbocycles. The van der Waals surface area contributed by atoms with E-state index in [-0.39, 0.29) is 15.0 Å². The smallest absolute Gasteiger partial charge is 0.163 e. The number of halogens is 4. The molecular weight excluding hydrogens is 380 g/mol. The number of rotatable bonds is 1. The molecule has 0 aliphatic heterocycles. The first-order valence-corrected chi connectivity index (χ1v) is 7.18. The summed E-state index contributed by atoms with van der Waals surface area (Å²) in [6.45, 7) is 0. The Bertz CT molecular complexity index is 959. The molecule has 0 bridgehead atoms. The molecule has 1 heterocycles. The summed E-state index contributed by atoms with van der Waals surface area (Å²) in [6, 6.07) is 6.53. The van der Waals surface area contributed by atoms with Crippen molar-refractivity contribution in [3.8, 4) is 0 Å². The molecule has 0 amide bonds. The summed E-state index contributed by atoms with van der Waals surface area (Å²) in [6.07, 6.45) is 1.14. The molecule has 2 aromatic carbocycles. The lowest BCUT2D eigenvalue weighted by atomic mass is 10.2. The van der Waals surface area contributed by atoms with Crippen molar-refractivity contribution >= 4 is 44.1 Å². The van der Waals surface area contributed by atoms with Crippen LogP contribution < -0.4 is 5.49 Å². The van der Waals surface area contributed by atoms with Crippen molar-refractivity contribution in [1.82, 2.24) is 9.71 Å². The fraction of sp³-hybridized carbons (Fsp3) is 0. The minimum absolute atomic E-state index is 0.0763. The Labute approximate surface area is 136 Å². The predicted octanol–water partition coefficient (Wildman–Crippen LogP) is 4.20.